The average molecular weight is 625 g/mol. The molecule has 1 aliphatic rings. The molecule has 0 N–H and O–H groups in total. The quantitative estimate of drug-likeness (QED) is 0.200. The Morgan fingerprint density at radius 1 is 1.00 bits per heavy atom. The number of halogens is 3. The first-order chi connectivity index (χ1) is 15.7. The number of fused-ring (bicyclic) bond motifs is 1. The molecule has 0 aliphatic heterocycles. The molecule has 3 aromatic carbocycles. The number of hydrogen-bond acceptors (Lipinski definition) is 0. The van der Waals surface area contributed by atoms with Gasteiger partial charge < -0.3 is 0 Å². The van der Waals surface area contributed by atoms with Gasteiger partial charge in [0.2, 0.25) is 0 Å². The van der Waals surface area contributed by atoms with Gasteiger partial charge in [-0.1, -0.05) is 94.5 Å². The Kier molecular flexibility index (Phi) is 16.8. The molecule has 0 saturated carbocycles. The van der Waals surface area contributed by atoms with Crippen LogP contribution in [0, 0.1) is 12.0 Å². The third-order valence-corrected chi connectivity index (χ3v) is 6.39. The molecular weight excluding hydrogens is 586 g/mol. The van der Waals surface area contributed by atoms with Gasteiger partial charge in [0, 0.05) is 0 Å². The Morgan fingerprint density at radius 3 is 2.06 bits per heavy atom. The first-order valence-corrected chi connectivity index (χ1v) is 18.5. The molecule has 0 fully saturated rings. The van der Waals surface area contributed by atoms with Gasteiger partial charge in [-0.3, -0.25) is 6.08 Å². The van der Waals surface area contributed by atoms with Gasteiger partial charge in [0.05, 0.1) is 0 Å². The molecule has 0 spiro atoms. The summed E-state index contributed by atoms with van der Waals surface area (Å²) >= 11 is 8.10. The third kappa shape index (κ3) is 10.1. The molecule has 4 rings (SSSR count). The van der Waals surface area contributed by atoms with E-state index in [-0.39, 0.29) is 30.2 Å². The maximum atomic E-state index is 6.36. The predicted molar refractivity (Wildman–Crippen MR) is 161 cm³/mol. The molecule has 0 saturated heterocycles. The molecule has 1 unspecified atom stereocenters. The van der Waals surface area contributed by atoms with Crippen LogP contribution >= 0.6 is 36.4 Å². The molecule has 1 aliphatic carbocycles. The number of allylic oxidation sites excluding steroid dienone is 4. The van der Waals surface area contributed by atoms with E-state index in [1.54, 1.807) is 23.3 Å². The van der Waals surface area contributed by atoms with Gasteiger partial charge in [0.1, 0.15) is 0 Å². The first-order valence-electron chi connectivity index (χ1n) is 11.9. The molecule has 0 nitrogen and oxygen atoms in total. The fourth-order valence-electron chi connectivity index (χ4n) is 3.99. The van der Waals surface area contributed by atoms with E-state index in [0.29, 0.717) is 5.92 Å². The van der Waals surface area contributed by atoms with Crippen molar-refractivity contribution in [1.29, 1.82) is 0 Å². The summed E-state index contributed by atoms with van der Waals surface area (Å²) in [6.45, 7) is 15.5. The topological polar surface area (TPSA) is 0 Å². The van der Waals surface area contributed by atoms with Gasteiger partial charge in [0.25, 0.3) is 0 Å². The molecule has 0 aromatic heterocycles. The van der Waals surface area contributed by atoms with E-state index in [1.807, 2.05) is 12.1 Å². The zero-order chi connectivity index (χ0) is 24.5. The van der Waals surface area contributed by atoms with Gasteiger partial charge in [-0.25, -0.2) is 5.57 Å². The van der Waals surface area contributed by atoms with E-state index in [1.165, 1.54) is 57.0 Å². The van der Waals surface area contributed by atoms with Gasteiger partial charge in [-0.2, -0.15) is 11.1 Å². The van der Waals surface area contributed by atoms with Crippen LogP contribution in [0.2, 0.25) is 18.1 Å². The molecule has 188 valence electrons. The normalized spacial score (nSPS) is 14.1. The maximum Gasteiger partial charge on any atom is -0.147 e. The van der Waals surface area contributed by atoms with Crippen LogP contribution in [0.4, 0.5) is 0 Å². The van der Waals surface area contributed by atoms with E-state index >= 15 is 0 Å². The summed E-state index contributed by atoms with van der Waals surface area (Å²) in [6, 6.07) is 19.1. The zero-order valence-electron chi connectivity index (χ0n) is 22.1. The van der Waals surface area contributed by atoms with Gasteiger partial charge in [0.15, 0.2) is 0 Å². The van der Waals surface area contributed by atoms with Crippen LogP contribution in [-0.4, -0.2) is 5.43 Å². The standard InChI is InChI=1S/C19H18Cl.C9H13.C2H6Si.2ClH.Zr/c1-2-3-8-15-13-17-16(11-7-12-18(17)20)19(15)14-9-5-4-6-10-14;1-6-5-7(2)9(4)8(6)3;1-3-2;;;/h4-7,9-13H,2-3,8H2,1H3;6H,1-4H3;1-2H3;2*1H;/q2*-1;;;;+2. The van der Waals surface area contributed by atoms with Crippen molar-refractivity contribution in [1.82, 2.24) is 0 Å². The van der Waals surface area contributed by atoms with Crippen molar-refractivity contribution in [2.24, 2.45) is 5.92 Å². The second-order valence-corrected chi connectivity index (χ2v) is 18.8. The summed E-state index contributed by atoms with van der Waals surface area (Å²) in [5, 5.41) is 3.30. The minimum absolute atomic E-state index is 0. The maximum absolute atomic E-state index is 6.36. The van der Waals surface area contributed by atoms with Crippen LogP contribution in [0.25, 0.3) is 21.9 Å². The molecule has 0 amide bonds. The molecule has 3 aromatic rings. The number of rotatable bonds is 4. The van der Waals surface area contributed by atoms with Crippen molar-refractivity contribution < 1.29 is 23.3 Å². The zero-order valence-corrected chi connectivity index (χ0v) is 27.9. The van der Waals surface area contributed by atoms with E-state index in [4.69, 9.17) is 11.6 Å². The third-order valence-electron chi connectivity index (χ3n) is 6.06. The summed E-state index contributed by atoms with van der Waals surface area (Å²) in [4.78, 5) is 0. The molecule has 35 heavy (non-hydrogen) atoms. The first kappa shape index (κ1) is 34.5. The van der Waals surface area contributed by atoms with Gasteiger partial charge in [-0.05, 0) is 11.4 Å². The molecule has 0 radical (unpaired) electrons. The second-order valence-electron chi connectivity index (χ2n) is 9.01. The van der Waals surface area contributed by atoms with Crippen molar-refractivity contribution in [3.05, 3.63) is 88.0 Å². The van der Waals surface area contributed by atoms with Crippen LogP contribution in [0.5, 0.6) is 0 Å². The van der Waals surface area contributed by atoms with Gasteiger partial charge in [-0.15, -0.1) is 77.4 Å². The largest absolute Gasteiger partial charge is 0.147 e. The molecule has 5 heteroatoms. The fourth-order valence-corrected chi connectivity index (χ4v) is 4.22. The number of hydrogen-bond donors (Lipinski definition) is 0. The van der Waals surface area contributed by atoms with Crippen LogP contribution in [-0.2, 0) is 29.8 Å². The Bertz CT molecular complexity index is 1140. The minimum Gasteiger partial charge on any atom is -0.147 e. The molecular formula is C30H39Cl3SiZr. The Balaban J connectivity index is 0.000000649. The number of aryl methyl sites for hydroxylation is 1. The SMILES string of the molecule is CC1=[C-]C(C)C(C)=C1C.CCCCc1[cH-]c2c(Cl)cccc2c1-c1ccccc1.C[Si](C)=[Zr+2].Cl.Cl. The number of unbranched alkanes of at least 4 members (excludes halogenated alkanes) is 1. The molecule has 0 heterocycles. The minimum atomic E-state index is 0. The molecule has 1 atom stereocenters. The second kappa shape index (κ2) is 17.1. The fraction of sp³-hybridized carbons (Fsp3) is 0.367. The summed E-state index contributed by atoms with van der Waals surface area (Å²) in [5.41, 5.74) is 8.52. The van der Waals surface area contributed by atoms with Crippen molar-refractivity contribution in [2.75, 3.05) is 0 Å². The Morgan fingerprint density at radius 2 is 1.60 bits per heavy atom. The van der Waals surface area contributed by atoms with Gasteiger partial charge >= 0.3 is 41.9 Å². The van der Waals surface area contributed by atoms with E-state index in [2.05, 4.69) is 96.3 Å². The summed E-state index contributed by atoms with van der Waals surface area (Å²) in [7, 11) is 0. The van der Waals surface area contributed by atoms with Crippen molar-refractivity contribution in [3.8, 4) is 11.1 Å². The molecule has 0 bridgehead atoms. The van der Waals surface area contributed by atoms with Crippen LogP contribution < -0.4 is 0 Å². The van der Waals surface area contributed by atoms with Crippen molar-refractivity contribution in [2.45, 2.75) is 67.0 Å². The summed E-state index contributed by atoms with van der Waals surface area (Å²) < 4.78 is 0. The monoisotopic (exact) mass is 622 g/mol. The van der Waals surface area contributed by atoms with E-state index in [9.17, 15) is 0 Å². The summed E-state index contributed by atoms with van der Waals surface area (Å²) in [5.74, 6) is 0.560. The van der Waals surface area contributed by atoms with Crippen molar-refractivity contribution in [3.63, 3.8) is 0 Å². The van der Waals surface area contributed by atoms with E-state index in [0.717, 1.165) is 11.4 Å². The van der Waals surface area contributed by atoms with Crippen molar-refractivity contribution >= 4 is 52.6 Å². The Labute approximate surface area is 246 Å². The van der Waals surface area contributed by atoms with Crippen LogP contribution in [0.1, 0.15) is 53.0 Å². The average Bonchev–Trinajstić information content (AvgIpc) is 3.26. The predicted octanol–water partition coefficient (Wildman–Crippen LogP) is 10.6. The smallest absolute Gasteiger partial charge is 0.147 e. The van der Waals surface area contributed by atoms with E-state index < -0.39 is 0 Å². The van der Waals surface area contributed by atoms with Crippen LogP contribution in [0.15, 0.2) is 71.3 Å². The summed E-state index contributed by atoms with van der Waals surface area (Å²) in [6.07, 6.45) is 6.90. The number of benzene rings is 2. The van der Waals surface area contributed by atoms with Crippen LogP contribution in [0.3, 0.4) is 0 Å². The Hall–Kier alpha value is -0.500.